The standard InChI is InChI=1S/C18H16F6O3/c1-10(17(19,20)21)9-12-14(16(12,2)3)15(25)26-8-4-5-11-6-7-13(27-11)18(22,23)24/h6-7,9,12,14H,8H2,1-3H3/b10-9+/t12-,14+/m1/s1. The van der Waals surface area contributed by atoms with Gasteiger partial charge in [0.2, 0.25) is 5.76 Å². The van der Waals surface area contributed by atoms with Crippen molar-refractivity contribution in [1.82, 2.24) is 0 Å². The predicted octanol–water partition coefficient (Wildman–Crippen LogP) is 4.97. The SMILES string of the molecule is C/C(=C\[C@@H]1[C@@H](C(=O)OCC#Cc2ccc(C(F)(F)F)o2)C1(C)C)C(F)(F)F. The van der Waals surface area contributed by atoms with Crippen LogP contribution in [0, 0.1) is 29.1 Å². The molecule has 1 aliphatic carbocycles. The third-order valence-electron chi connectivity index (χ3n) is 4.42. The smallest absolute Gasteiger partial charge is 0.449 e. The average molecular weight is 394 g/mol. The molecule has 9 heteroatoms. The molecule has 1 fully saturated rings. The minimum atomic E-state index is -4.62. The Hall–Kier alpha value is -2.37. The van der Waals surface area contributed by atoms with E-state index in [1.165, 1.54) is 0 Å². The lowest BCUT2D eigenvalue weighted by atomic mass is 10.1. The highest BCUT2D eigenvalue weighted by molar-refractivity contribution is 5.78. The molecule has 0 bridgehead atoms. The maximum Gasteiger partial charge on any atom is 0.449 e. The Morgan fingerprint density at radius 3 is 2.41 bits per heavy atom. The Balaban J connectivity index is 1.93. The van der Waals surface area contributed by atoms with E-state index in [1.54, 1.807) is 13.8 Å². The fourth-order valence-corrected chi connectivity index (χ4v) is 2.68. The molecule has 1 aromatic rings. The molecule has 0 N–H and O–H groups in total. The fourth-order valence-electron chi connectivity index (χ4n) is 2.68. The Kier molecular flexibility index (Phi) is 5.41. The molecule has 0 aliphatic heterocycles. The van der Waals surface area contributed by atoms with Crippen molar-refractivity contribution >= 4 is 5.97 Å². The molecule has 0 aromatic carbocycles. The van der Waals surface area contributed by atoms with Crippen molar-refractivity contribution in [3.05, 3.63) is 35.3 Å². The molecule has 0 amide bonds. The van der Waals surface area contributed by atoms with Crippen LogP contribution in [0.4, 0.5) is 26.3 Å². The first-order chi connectivity index (χ1) is 12.2. The van der Waals surface area contributed by atoms with Gasteiger partial charge < -0.3 is 9.15 Å². The molecular weight excluding hydrogens is 378 g/mol. The van der Waals surface area contributed by atoms with E-state index >= 15 is 0 Å². The minimum Gasteiger partial charge on any atom is -0.452 e. The van der Waals surface area contributed by atoms with Crippen molar-refractivity contribution in [2.24, 2.45) is 17.3 Å². The average Bonchev–Trinajstić information content (AvgIpc) is 2.86. The summed E-state index contributed by atoms with van der Waals surface area (Å²) < 4.78 is 84.4. The molecule has 1 heterocycles. The molecule has 1 aromatic heterocycles. The molecule has 1 aliphatic rings. The Labute approximate surface area is 151 Å². The largest absolute Gasteiger partial charge is 0.452 e. The van der Waals surface area contributed by atoms with Gasteiger partial charge in [0, 0.05) is 5.57 Å². The third kappa shape index (κ3) is 4.87. The van der Waals surface area contributed by atoms with Crippen molar-refractivity contribution in [3.63, 3.8) is 0 Å². The number of carbonyl (C=O) groups excluding carboxylic acids is 1. The van der Waals surface area contributed by atoms with Crippen LogP contribution in [0.15, 0.2) is 28.2 Å². The lowest BCUT2D eigenvalue weighted by Gasteiger charge is -2.06. The number of alkyl halides is 6. The van der Waals surface area contributed by atoms with Crippen molar-refractivity contribution in [1.29, 1.82) is 0 Å². The number of hydrogen-bond acceptors (Lipinski definition) is 3. The summed E-state index contributed by atoms with van der Waals surface area (Å²) in [6.07, 6.45) is -8.07. The van der Waals surface area contributed by atoms with Gasteiger partial charge in [-0.05, 0) is 36.3 Å². The topological polar surface area (TPSA) is 39.4 Å². The van der Waals surface area contributed by atoms with Crippen LogP contribution in [-0.2, 0) is 15.7 Å². The van der Waals surface area contributed by atoms with Gasteiger partial charge in [-0.1, -0.05) is 25.8 Å². The Bertz CT molecular complexity index is 802. The number of rotatable bonds is 3. The van der Waals surface area contributed by atoms with Gasteiger partial charge in [-0.2, -0.15) is 26.3 Å². The molecule has 0 saturated heterocycles. The Morgan fingerprint density at radius 2 is 1.89 bits per heavy atom. The molecule has 148 valence electrons. The predicted molar refractivity (Wildman–Crippen MR) is 82.1 cm³/mol. The van der Waals surface area contributed by atoms with Gasteiger partial charge in [0.1, 0.15) is 0 Å². The van der Waals surface area contributed by atoms with E-state index in [4.69, 9.17) is 4.74 Å². The fraction of sp³-hybridized carbons (Fsp3) is 0.500. The highest BCUT2D eigenvalue weighted by atomic mass is 19.4. The molecule has 0 unspecified atom stereocenters. The van der Waals surface area contributed by atoms with E-state index in [1.807, 2.05) is 0 Å². The zero-order valence-corrected chi connectivity index (χ0v) is 14.6. The van der Waals surface area contributed by atoms with Gasteiger partial charge in [-0.25, -0.2) is 0 Å². The zero-order valence-electron chi connectivity index (χ0n) is 14.6. The minimum absolute atomic E-state index is 0.244. The van der Waals surface area contributed by atoms with Crippen molar-refractivity contribution in [2.75, 3.05) is 6.61 Å². The highest BCUT2D eigenvalue weighted by Crippen LogP contribution is 2.60. The summed E-state index contributed by atoms with van der Waals surface area (Å²) in [5, 5.41) is 0. The maximum absolute atomic E-state index is 12.6. The van der Waals surface area contributed by atoms with Crippen LogP contribution in [-0.4, -0.2) is 18.8 Å². The van der Waals surface area contributed by atoms with Crippen LogP contribution in [0.3, 0.4) is 0 Å². The molecular formula is C18H16F6O3. The molecule has 0 radical (unpaired) electrons. The summed E-state index contributed by atoms with van der Waals surface area (Å²) in [7, 11) is 0. The summed E-state index contributed by atoms with van der Waals surface area (Å²) in [6.45, 7) is 3.82. The van der Waals surface area contributed by atoms with Crippen LogP contribution < -0.4 is 0 Å². The molecule has 3 nitrogen and oxygen atoms in total. The van der Waals surface area contributed by atoms with Gasteiger partial charge in [0.25, 0.3) is 0 Å². The van der Waals surface area contributed by atoms with Crippen LogP contribution in [0.25, 0.3) is 0 Å². The summed E-state index contributed by atoms with van der Waals surface area (Å²) in [4.78, 5) is 12.0. The molecule has 0 spiro atoms. The second-order valence-electron chi connectivity index (χ2n) is 6.74. The third-order valence-corrected chi connectivity index (χ3v) is 4.42. The second kappa shape index (κ2) is 6.98. The van der Waals surface area contributed by atoms with Gasteiger partial charge in [0.05, 0.1) is 5.92 Å². The molecule has 2 atom stereocenters. The van der Waals surface area contributed by atoms with Crippen LogP contribution in [0.1, 0.15) is 32.3 Å². The van der Waals surface area contributed by atoms with E-state index in [9.17, 15) is 31.1 Å². The molecule has 27 heavy (non-hydrogen) atoms. The second-order valence-corrected chi connectivity index (χ2v) is 6.74. The molecule has 2 rings (SSSR count). The normalized spacial score (nSPS) is 22.0. The van der Waals surface area contributed by atoms with E-state index in [0.717, 1.165) is 25.1 Å². The van der Waals surface area contributed by atoms with Gasteiger partial charge in [-0.3, -0.25) is 4.79 Å². The van der Waals surface area contributed by atoms with E-state index in [0.29, 0.717) is 0 Å². The van der Waals surface area contributed by atoms with Crippen LogP contribution in [0.5, 0.6) is 0 Å². The van der Waals surface area contributed by atoms with Crippen molar-refractivity contribution in [3.8, 4) is 11.8 Å². The zero-order chi connectivity index (χ0) is 20.6. The highest BCUT2D eigenvalue weighted by Gasteiger charge is 2.62. The molecule has 1 saturated carbocycles. The monoisotopic (exact) mass is 394 g/mol. The number of esters is 1. The van der Waals surface area contributed by atoms with Gasteiger partial charge in [-0.15, -0.1) is 0 Å². The first kappa shape index (κ1) is 20.9. The lowest BCUT2D eigenvalue weighted by Crippen LogP contribution is -2.11. The van der Waals surface area contributed by atoms with Crippen molar-refractivity contribution in [2.45, 2.75) is 33.1 Å². The van der Waals surface area contributed by atoms with Crippen molar-refractivity contribution < 1.29 is 40.3 Å². The summed E-state index contributed by atoms with van der Waals surface area (Å²) >= 11 is 0. The summed E-state index contributed by atoms with van der Waals surface area (Å²) in [5.74, 6) is 1.12. The first-order valence-electron chi connectivity index (χ1n) is 7.82. The summed E-state index contributed by atoms with van der Waals surface area (Å²) in [5.41, 5.74) is -1.46. The van der Waals surface area contributed by atoms with E-state index < -0.39 is 53.5 Å². The van der Waals surface area contributed by atoms with E-state index in [2.05, 4.69) is 16.3 Å². The first-order valence-corrected chi connectivity index (χ1v) is 7.82. The number of hydrogen-bond donors (Lipinski definition) is 0. The number of carbonyl (C=O) groups is 1. The Morgan fingerprint density at radius 1 is 1.26 bits per heavy atom. The number of ether oxygens (including phenoxy) is 1. The summed E-state index contributed by atoms with van der Waals surface area (Å²) in [6, 6.07) is 1.76. The number of halogens is 6. The quantitative estimate of drug-likeness (QED) is 0.314. The van der Waals surface area contributed by atoms with Gasteiger partial charge in [0.15, 0.2) is 12.4 Å². The lowest BCUT2D eigenvalue weighted by molar-refractivity contribution is -0.153. The van der Waals surface area contributed by atoms with Crippen LogP contribution in [0.2, 0.25) is 0 Å². The van der Waals surface area contributed by atoms with Gasteiger partial charge >= 0.3 is 18.3 Å². The number of furan rings is 1. The van der Waals surface area contributed by atoms with Crippen LogP contribution >= 0.6 is 0 Å². The maximum atomic E-state index is 12.6. The number of allylic oxidation sites excluding steroid dienone is 2. The van der Waals surface area contributed by atoms with E-state index in [-0.39, 0.29) is 5.76 Å².